The summed E-state index contributed by atoms with van der Waals surface area (Å²) in [6.45, 7) is 0. The molecule has 0 unspecified atom stereocenters. The standard InChI is InChI=1S/C14H11N3S2/c15-14(18)16-10-5-3-4-9(8-10)13-17-11-6-1-2-7-12(11)19-13/h1-8H,(H3,15,16,18). The molecule has 0 aliphatic heterocycles. The molecule has 0 aliphatic rings. The zero-order chi connectivity index (χ0) is 13.2. The molecule has 0 atom stereocenters. The van der Waals surface area contributed by atoms with E-state index >= 15 is 0 Å². The monoisotopic (exact) mass is 285 g/mol. The van der Waals surface area contributed by atoms with Crippen LogP contribution in [0.2, 0.25) is 0 Å². The van der Waals surface area contributed by atoms with Gasteiger partial charge in [-0.2, -0.15) is 0 Å². The lowest BCUT2D eigenvalue weighted by Crippen LogP contribution is -2.18. The highest BCUT2D eigenvalue weighted by Gasteiger charge is 2.06. The first-order valence-electron chi connectivity index (χ1n) is 5.75. The Hall–Kier alpha value is -1.98. The van der Waals surface area contributed by atoms with Gasteiger partial charge in [-0.3, -0.25) is 0 Å². The number of rotatable bonds is 2. The lowest BCUT2D eigenvalue weighted by molar-refractivity contribution is 1.47. The highest BCUT2D eigenvalue weighted by Crippen LogP contribution is 2.31. The van der Waals surface area contributed by atoms with Gasteiger partial charge in [0.25, 0.3) is 0 Å². The Morgan fingerprint density at radius 2 is 2.00 bits per heavy atom. The molecule has 3 N–H and O–H groups in total. The van der Waals surface area contributed by atoms with Crippen molar-refractivity contribution >= 4 is 44.6 Å². The van der Waals surface area contributed by atoms with E-state index in [2.05, 4.69) is 16.4 Å². The van der Waals surface area contributed by atoms with Gasteiger partial charge < -0.3 is 11.1 Å². The molecule has 0 amide bonds. The molecule has 5 heteroatoms. The minimum absolute atomic E-state index is 0.265. The maximum absolute atomic E-state index is 5.48. The van der Waals surface area contributed by atoms with Gasteiger partial charge in [0.2, 0.25) is 0 Å². The van der Waals surface area contributed by atoms with E-state index in [0.29, 0.717) is 0 Å². The Kier molecular flexibility index (Phi) is 3.15. The molecular formula is C14H11N3S2. The summed E-state index contributed by atoms with van der Waals surface area (Å²) in [5.74, 6) is 0. The van der Waals surface area contributed by atoms with Crippen LogP contribution >= 0.6 is 23.6 Å². The van der Waals surface area contributed by atoms with Crippen molar-refractivity contribution in [2.24, 2.45) is 5.73 Å². The number of hydrogen-bond donors (Lipinski definition) is 2. The number of para-hydroxylation sites is 1. The summed E-state index contributed by atoms with van der Waals surface area (Å²) in [6.07, 6.45) is 0. The third kappa shape index (κ3) is 2.57. The van der Waals surface area contributed by atoms with E-state index in [9.17, 15) is 0 Å². The highest BCUT2D eigenvalue weighted by atomic mass is 32.1. The molecule has 0 saturated heterocycles. The number of aromatic nitrogens is 1. The molecule has 3 aromatic rings. The van der Waals surface area contributed by atoms with Gasteiger partial charge in [-0.1, -0.05) is 24.3 Å². The minimum Gasteiger partial charge on any atom is -0.376 e. The molecule has 0 fully saturated rings. The molecule has 0 saturated carbocycles. The number of thiazole rings is 1. The molecule has 94 valence electrons. The van der Waals surface area contributed by atoms with E-state index in [4.69, 9.17) is 18.0 Å². The molecule has 19 heavy (non-hydrogen) atoms. The van der Waals surface area contributed by atoms with Crippen LogP contribution in [0.25, 0.3) is 20.8 Å². The van der Waals surface area contributed by atoms with E-state index < -0.39 is 0 Å². The highest BCUT2D eigenvalue weighted by molar-refractivity contribution is 7.80. The third-order valence-electron chi connectivity index (χ3n) is 2.67. The van der Waals surface area contributed by atoms with Gasteiger partial charge in [0.15, 0.2) is 5.11 Å². The second-order valence-corrected chi connectivity index (χ2v) is 5.53. The van der Waals surface area contributed by atoms with Crippen molar-refractivity contribution in [2.45, 2.75) is 0 Å². The number of hydrogen-bond acceptors (Lipinski definition) is 3. The first-order chi connectivity index (χ1) is 9.22. The number of thiocarbonyl (C=S) groups is 1. The van der Waals surface area contributed by atoms with Crippen LogP contribution in [0.1, 0.15) is 0 Å². The van der Waals surface area contributed by atoms with Gasteiger partial charge in [-0.05, 0) is 36.5 Å². The van der Waals surface area contributed by atoms with E-state index in [1.165, 1.54) is 4.70 Å². The molecule has 0 spiro atoms. The predicted molar refractivity (Wildman–Crippen MR) is 85.5 cm³/mol. The van der Waals surface area contributed by atoms with Crippen molar-refractivity contribution in [3.8, 4) is 10.6 Å². The predicted octanol–water partition coefficient (Wildman–Crippen LogP) is 3.62. The smallest absolute Gasteiger partial charge is 0.168 e. The molecule has 0 aliphatic carbocycles. The summed E-state index contributed by atoms with van der Waals surface area (Å²) < 4.78 is 1.19. The van der Waals surface area contributed by atoms with E-state index in [0.717, 1.165) is 21.8 Å². The van der Waals surface area contributed by atoms with E-state index in [-0.39, 0.29) is 5.11 Å². The summed E-state index contributed by atoms with van der Waals surface area (Å²) in [4.78, 5) is 4.63. The fourth-order valence-electron chi connectivity index (χ4n) is 1.87. The van der Waals surface area contributed by atoms with Crippen molar-refractivity contribution in [3.63, 3.8) is 0 Å². The zero-order valence-electron chi connectivity index (χ0n) is 9.96. The SMILES string of the molecule is NC(=S)Nc1cccc(-c2nc3ccccc3s2)c1. The quantitative estimate of drug-likeness (QED) is 0.706. The molecule has 1 aromatic heterocycles. The fraction of sp³-hybridized carbons (Fsp3) is 0. The summed E-state index contributed by atoms with van der Waals surface area (Å²) in [5, 5.41) is 4.19. The normalized spacial score (nSPS) is 10.5. The number of nitrogens with one attached hydrogen (secondary N) is 1. The molecular weight excluding hydrogens is 274 g/mol. The van der Waals surface area contributed by atoms with Crippen LogP contribution in [0.3, 0.4) is 0 Å². The van der Waals surface area contributed by atoms with Gasteiger partial charge in [-0.15, -0.1) is 11.3 Å². The van der Waals surface area contributed by atoms with Crippen molar-refractivity contribution < 1.29 is 0 Å². The molecule has 0 bridgehead atoms. The Bertz CT molecular complexity index is 716. The lowest BCUT2D eigenvalue weighted by atomic mass is 10.2. The Labute approximate surface area is 120 Å². The number of benzene rings is 2. The summed E-state index contributed by atoms with van der Waals surface area (Å²) in [6, 6.07) is 16.0. The summed E-state index contributed by atoms with van der Waals surface area (Å²) >= 11 is 6.52. The topological polar surface area (TPSA) is 50.9 Å². The molecule has 2 aromatic carbocycles. The van der Waals surface area contributed by atoms with Crippen LogP contribution in [-0.2, 0) is 0 Å². The van der Waals surface area contributed by atoms with E-state index in [1.54, 1.807) is 11.3 Å². The van der Waals surface area contributed by atoms with Crippen LogP contribution in [0.15, 0.2) is 48.5 Å². The van der Waals surface area contributed by atoms with Crippen LogP contribution in [0.5, 0.6) is 0 Å². The maximum atomic E-state index is 5.48. The Morgan fingerprint density at radius 3 is 2.79 bits per heavy atom. The zero-order valence-corrected chi connectivity index (χ0v) is 11.6. The molecule has 3 rings (SSSR count). The second kappa shape index (κ2) is 4.95. The Balaban J connectivity index is 2.03. The first-order valence-corrected chi connectivity index (χ1v) is 6.97. The second-order valence-electron chi connectivity index (χ2n) is 4.06. The van der Waals surface area contributed by atoms with Gasteiger partial charge in [0.05, 0.1) is 10.2 Å². The average Bonchev–Trinajstić information content (AvgIpc) is 2.82. The lowest BCUT2D eigenvalue weighted by Gasteiger charge is -2.04. The van der Waals surface area contributed by atoms with Crippen molar-refractivity contribution in [3.05, 3.63) is 48.5 Å². The minimum atomic E-state index is 0.265. The molecule has 1 heterocycles. The fourth-order valence-corrected chi connectivity index (χ4v) is 2.95. The van der Waals surface area contributed by atoms with Gasteiger partial charge >= 0.3 is 0 Å². The first kappa shape index (κ1) is 12.1. The van der Waals surface area contributed by atoms with E-state index in [1.807, 2.05) is 42.5 Å². The summed E-state index contributed by atoms with van der Waals surface area (Å²) in [5.41, 5.74) is 8.44. The van der Waals surface area contributed by atoms with Gasteiger partial charge in [0.1, 0.15) is 5.01 Å². The van der Waals surface area contributed by atoms with Crippen LogP contribution in [0.4, 0.5) is 5.69 Å². The number of fused-ring (bicyclic) bond motifs is 1. The van der Waals surface area contributed by atoms with Crippen molar-refractivity contribution in [1.82, 2.24) is 4.98 Å². The van der Waals surface area contributed by atoms with Crippen LogP contribution in [-0.4, -0.2) is 10.1 Å². The van der Waals surface area contributed by atoms with Crippen LogP contribution in [0, 0.1) is 0 Å². The average molecular weight is 285 g/mol. The largest absolute Gasteiger partial charge is 0.376 e. The van der Waals surface area contributed by atoms with Crippen molar-refractivity contribution in [1.29, 1.82) is 0 Å². The maximum Gasteiger partial charge on any atom is 0.168 e. The molecule has 0 radical (unpaired) electrons. The third-order valence-corrected chi connectivity index (χ3v) is 3.86. The summed E-state index contributed by atoms with van der Waals surface area (Å²) in [7, 11) is 0. The molecule has 3 nitrogen and oxygen atoms in total. The van der Waals surface area contributed by atoms with Gasteiger partial charge in [-0.25, -0.2) is 4.98 Å². The Morgan fingerprint density at radius 1 is 1.16 bits per heavy atom. The number of nitrogens with zero attached hydrogens (tertiary/aromatic N) is 1. The number of nitrogens with two attached hydrogens (primary N) is 1. The van der Waals surface area contributed by atoms with Gasteiger partial charge in [0, 0.05) is 11.3 Å². The number of anilines is 1. The van der Waals surface area contributed by atoms with Crippen LogP contribution < -0.4 is 11.1 Å². The van der Waals surface area contributed by atoms with Crippen molar-refractivity contribution in [2.75, 3.05) is 5.32 Å².